The third-order valence-corrected chi connectivity index (χ3v) is 11.8. The van der Waals surface area contributed by atoms with E-state index in [2.05, 4.69) is 42.9 Å². The van der Waals surface area contributed by atoms with Crippen LogP contribution in [0, 0.1) is 28.6 Å². The topological polar surface area (TPSA) is 63.6 Å². The van der Waals surface area contributed by atoms with Crippen LogP contribution in [0.3, 0.4) is 0 Å². The normalized spacial score (nSPS) is 37.4. The van der Waals surface area contributed by atoms with Gasteiger partial charge in [-0.15, -0.1) is 0 Å². The van der Waals surface area contributed by atoms with Crippen LogP contribution in [0.4, 0.5) is 0 Å². The lowest BCUT2D eigenvalue weighted by atomic mass is 9.46. The maximum atomic E-state index is 11.4. The molecule has 5 aliphatic rings. The molecule has 3 saturated carbocycles. The first-order chi connectivity index (χ1) is 18.9. The average molecular weight is 535 g/mol. The number of ether oxygens (including phenoxy) is 2. The number of nitrogens with one attached hydrogen (secondary N) is 1. The van der Waals surface area contributed by atoms with Crippen molar-refractivity contribution in [2.45, 2.75) is 109 Å². The molecular weight excluding hydrogens is 484 g/mol. The molecule has 5 unspecified atom stereocenters. The summed E-state index contributed by atoms with van der Waals surface area (Å²) in [6, 6.07) is 2.96. The smallest absolute Gasteiger partial charge is 0.137 e. The van der Waals surface area contributed by atoms with Crippen molar-refractivity contribution in [1.29, 1.82) is 0 Å². The molecule has 5 nitrogen and oxygen atoms in total. The Morgan fingerprint density at radius 1 is 1.10 bits per heavy atom. The predicted octanol–water partition coefficient (Wildman–Crippen LogP) is 6.93. The Morgan fingerprint density at radius 2 is 1.95 bits per heavy atom. The zero-order valence-corrected chi connectivity index (χ0v) is 24.3. The number of aliphatic hydroxyl groups is 1. The van der Waals surface area contributed by atoms with E-state index >= 15 is 0 Å². The number of nitrogens with zero attached hydrogens (tertiary/aromatic N) is 1. The minimum atomic E-state index is -0.194. The second kappa shape index (κ2) is 11.3. The van der Waals surface area contributed by atoms with Gasteiger partial charge < -0.3 is 19.9 Å². The fraction of sp³-hybridized carbons (Fsp3) is 0.735. The van der Waals surface area contributed by atoms with Crippen LogP contribution in [0.25, 0.3) is 0 Å². The van der Waals surface area contributed by atoms with Crippen molar-refractivity contribution in [2.75, 3.05) is 19.8 Å². The van der Waals surface area contributed by atoms with Gasteiger partial charge in [0.1, 0.15) is 5.75 Å². The number of fused-ring (bicyclic) bond motifs is 5. The van der Waals surface area contributed by atoms with E-state index in [0.717, 1.165) is 75.7 Å². The maximum Gasteiger partial charge on any atom is 0.137 e. The van der Waals surface area contributed by atoms with E-state index in [1.807, 2.05) is 12.4 Å². The lowest BCUT2D eigenvalue weighted by molar-refractivity contribution is -0.0911. The second-order valence-corrected chi connectivity index (χ2v) is 13.6. The highest BCUT2D eigenvalue weighted by Gasteiger charge is 2.60. The summed E-state index contributed by atoms with van der Waals surface area (Å²) in [5, 5.41) is 15.2. The monoisotopic (exact) mass is 534 g/mol. The van der Waals surface area contributed by atoms with Crippen LogP contribution in [-0.4, -0.2) is 42.1 Å². The highest BCUT2D eigenvalue weighted by atomic mass is 16.5. The SMILES string of the molecule is C=C1C=C2CCC3C4CCC(O)[C@@]4(CCOc4cncc(C(CC)NC5CCOCC5)c4)CCC3[C@@]2(C)CC1. The van der Waals surface area contributed by atoms with Crippen LogP contribution in [0.5, 0.6) is 5.75 Å². The first-order valence-corrected chi connectivity index (χ1v) is 15.9. The molecule has 1 aromatic rings. The van der Waals surface area contributed by atoms with E-state index in [1.165, 1.54) is 43.2 Å². The third-order valence-electron chi connectivity index (χ3n) is 11.8. The van der Waals surface area contributed by atoms with Crippen LogP contribution in [0.15, 0.2) is 42.3 Å². The molecule has 5 heteroatoms. The lowest BCUT2D eigenvalue weighted by Crippen LogP contribution is -2.52. The molecule has 1 saturated heterocycles. The first kappa shape index (κ1) is 27.5. The van der Waals surface area contributed by atoms with Crippen LogP contribution < -0.4 is 10.1 Å². The molecular formula is C34H50N2O3. The fourth-order valence-corrected chi connectivity index (χ4v) is 9.57. The molecule has 214 valence electrons. The van der Waals surface area contributed by atoms with Crippen molar-refractivity contribution in [3.05, 3.63) is 47.8 Å². The summed E-state index contributed by atoms with van der Waals surface area (Å²) in [7, 11) is 0. The van der Waals surface area contributed by atoms with Gasteiger partial charge >= 0.3 is 0 Å². The first-order valence-electron chi connectivity index (χ1n) is 15.9. The minimum absolute atomic E-state index is 0.0125. The molecule has 0 spiro atoms. The van der Waals surface area contributed by atoms with E-state index in [1.54, 1.807) is 5.57 Å². The van der Waals surface area contributed by atoms with Gasteiger partial charge in [0.2, 0.25) is 0 Å². The molecule has 6 rings (SSSR count). The average Bonchev–Trinajstić information content (AvgIpc) is 3.29. The highest BCUT2D eigenvalue weighted by molar-refractivity contribution is 5.33. The quantitative estimate of drug-likeness (QED) is 0.379. The Bertz CT molecular complexity index is 1060. The van der Waals surface area contributed by atoms with Gasteiger partial charge in [0, 0.05) is 36.9 Å². The van der Waals surface area contributed by atoms with E-state index in [0.29, 0.717) is 24.0 Å². The number of aliphatic hydroxyl groups excluding tert-OH is 1. The Hall–Kier alpha value is -1.69. The fourth-order valence-electron chi connectivity index (χ4n) is 9.57. The van der Waals surface area contributed by atoms with Gasteiger partial charge in [-0.05, 0) is 112 Å². The molecule has 7 atom stereocenters. The molecule has 4 aliphatic carbocycles. The van der Waals surface area contributed by atoms with Crippen molar-refractivity contribution in [3.8, 4) is 5.75 Å². The summed E-state index contributed by atoms with van der Waals surface area (Å²) >= 11 is 0. The molecule has 0 aromatic carbocycles. The number of pyridine rings is 1. The summed E-state index contributed by atoms with van der Waals surface area (Å²) in [5.74, 6) is 2.97. The number of aromatic nitrogens is 1. The molecule has 4 fully saturated rings. The van der Waals surface area contributed by atoms with Gasteiger partial charge in [-0.1, -0.05) is 37.6 Å². The summed E-state index contributed by atoms with van der Waals surface area (Å²) in [4.78, 5) is 4.55. The molecule has 1 aliphatic heterocycles. The van der Waals surface area contributed by atoms with Gasteiger partial charge in [0.25, 0.3) is 0 Å². The van der Waals surface area contributed by atoms with E-state index in [-0.39, 0.29) is 17.6 Å². The number of rotatable bonds is 8. The Kier molecular flexibility index (Phi) is 7.96. The summed E-state index contributed by atoms with van der Waals surface area (Å²) in [6.07, 6.45) is 19.6. The predicted molar refractivity (Wildman–Crippen MR) is 156 cm³/mol. The maximum absolute atomic E-state index is 11.4. The van der Waals surface area contributed by atoms with E-state index in [4.69, 9.17) is 9.47 Å². The second-order valence-electron chi connectivity index (χ2n) is 13.6. The Labute approximate surface area is 235 Å². The van der Waals surface area contributed by atoms with Gasteiger partial charge in [-0.3, -0.25) is 4.98 Å². The molecule has 39 heavy (non-hydrogen) atoms. The van der Waals surface area contributed by atoms with Crippen LogP contribution in [0.2, 0.25) is 0 Å². The van der Waals surface area contributed by atoms with Crippen molar-refractivity contribution in [1.82, 2.24) is 10.3 Å². The Balaban J connectivity index is 1.12. The molecule has 1 aromatic heterocycles. The van der Waals surface area contributed by atoms with Crippen LogP contribution >= 0.6 is 0 Å². The van der Waals surface area contributed by atoms with Crippen molar-refractivity contribution >= 4 is 0 Å². The van der Waals surface area contributed by atoms with Gasteiger partial charge in [-0.25, -0.2) is 0 Å². The van der Waals surface area contributed by atoms with E-state index < -0.39 is 0 Å². The summed E-state index contributed by atoms with van der Waals surface area (Å²) < 4.78 is 11.9. The summed E-state index contributed by atoms with van der Waals surface area (Å²) in [6.45, 7) is 11.4. The zero-order chi connectivity index (χ0) is 27.0. The molecule has 2 heterocycles. The number of hydrogen-bond acceptors (Lipinski definition) is 5. The molecule has 0 amide bonds. The third kappa shape index (κ3) is 5.13. The van der Waals surface area contributed by atoms with Gasteiger partial charge in [0.05, 0.1) is 18.9 Å². The molecule has 0 radical (unpaired) electrons. The van der Waals surface area contributed by atoms with Crippen molar-refractivity contribution < 1.29 is 14.6 Å². The zero-order valence-electron chi connectivity index (χ0n) is 24.3. The largest absolute Gasteiger partial charge is 0.492 e. The van der Waals surface area contributed by atoms with Gasteiger partial charge in [0.15, 0.2) is 0 Å². The Morgan fingerprint density at radius 3 is 2.77 bits per heavy atom. The van der Waals surface area contributed by atoms with Gasteiger partial charge in [-0.2, -0.15) is 0 Å². The lowest BCUT2D eigenvalue weighted by Gasteiger charge is -2.58. The van der Waals surface area contributed by atoms with E-state index in [9.17, 15) is 5.11 Å². The van der Waals surface area contributed by atoms with Crippen molar-refractivity contribution in [2.24, 2.45) is 28.6 Å². The molecule has 0 bridgehead atoms. The molecule has 2 N–H and O–H groups in total. The summed E-state index contributed by atoms with van der Waals surface area (Å²) in [5.41, 5.74) is 4.54. The van der Waals surface area contributed by atoms with Crippen LogP contribution in [-0.2, 0) is 4.74 Å². The number of hydrogen-bond donors (Lipinski definition) is 2. The van der Waals surface area contributed by atoms with Crippen LogP contribution in [0.1, 0.15) is 103 Å². The number of allylic oxidation sites excluding steroid dienone is 3. The minimum Gasteiger partial charge on any atom is -0.492 e. The highest BCUT2D eigenvalue weighted by Crippen LogP contribution is 2.66. The van der Waals surface area contributed by atoms with Crippen molar-refractivity contribution in [3.63, 3.8) is 0 Å². The standard InChI is InChI=1S/C34H50N2O3/c1-4-31(36-26-11-16-38-17-12-26)24-20-27(22-35-21-24)39-18-15-34-14-10-29-28(30(34)7-8-32(34)37)6-5-25-19-23(2)9-13-33(25,29)3/h19-22,26,28-32,36-37H,2,4-18H2,1,3H3/t28?,29?,30?,31?,32?,33-,34+/m0/s1.